The lowest BCUT2D eigenvalue weighted by Gasteiger charge is -2.23. The minimum atomic E-state index is -4.64. The van der Waals surface area contributed by atoms with Crippen LogP contribution < -0.4 is 0 Å². The third-order valence-corrected chi connectivity index (χ3v) is 2.03. The van der Waals surface area contributed by atoms with Gasteiger partial charge >= 0.3 is 7.82 Å². The summed E-state index contributed by atoms with van der Waals surface area (Å²) in [5.41, 5.74) is -1.87. The van der Waals surface area contributed by atoms with Crippen LogP contribution in [-0.2, 0) is 13.9 Å². The van der Waals surface area contributed by atoms with Gasteiger partial charge in [-0.15, -0.1) is 0 Å². The van der Waals surface area contributed by atoms with Gasteiger partial charge in [-0.2, -0.15) is 0 Å². The van der Waals surface area contributed by atoms with E-state index >= 15 is 0 Å². The number of carbonyl (C=O) groups is 1. The van der Waals surface area contributed by atoms with E-state index in [1.165, 1.54) is 0 Å². The predicted molar refractivity (Wildman–Crippen MR) is 48.5 cm³/mol. The van der Waals surface area contributed by atoms with Crippen LogP contribution in [0.1, 0.15) is 20.8 Å². The van der Waals surface area contributed by atoms with Gasteiger partial charge in [0.2, 0.25) is 0 Å². The highest BCUT2D eigenvalue weighted by atomic mass is 31.2. The van der Waals surface area contributed by atoms with Crippen molar-refractivity contribution in [3.63, 3.8) is 0 Å². The summed E-state index contributed by atoms with van der Waals surface area (Å²) in [6, 6.07) is 0. The van der Waals surface area contributed by atoms with Crippen LogP contribution in [0.5, 0.6) is 0 Å². The number of aliphatic hydroxyl groups is 1. The van der Waals surface area contributed by atoms with Crippen LogP contribution in [0.2, 0.25) is 0 Å². The standard InChI is InChI=1S/C7H15O6P/c1-5(2)6(8)7(3,9)4-13-14(10,11)12/h5,9H,4H2,1-3H3,(H2,10,11,12). The fraction of sp³-hybridized carbons (Fsp3) is 0.857. The Balaban J connectivity index is 4.35. The molecule has 0 fully saturated rings. The SMILES string of the molecule is CC(C)C(=O)C(C)(O)COP(=O)(O)O. The number of ketones is 1. The second-order valence-electron chi connectivity index (χ2n) is 3.56. The largest absolute Gasteiger partial charge is 0.469 e. The summed E-state index contributed by atoms with van der Waals surface area (Å²) < 4.78 is 14.4. The molecule has 0 bridgehead atoms. The lowest BCUT2D eigenvalue weighted by atomic mass is 9.93. The predicted octanol–water partition coefficient (Wildman–Crippen LogP) is 0.0718. The first kappa shape index (κ1) is 13.7. The fourth-order valence-electron chi connectivity index (χ4n) is 0.903. The first-order valence-electron chi connectivity index (χ1n) is 4.03. The Bertz CT molecular complexity index is 253. The van der Waals surface area contributed by atoms with Crippen LogP contribution in [0.3, 0.4) is 0 Å². The summed E-state index contributed by atoms with van der Waals surface area (Å²) in [6.45, 7) is 3.60. The number of phosphoric acid groups is 1. The van der Waals surface area contributed by atoms with E-state index in [0.29, 0.717) is 0 Å². The number of rotatable bonds is 5. The summed E-state index contributed by atoms with van der Waals surface area (Å²) in [5.74, 6) is -0.948. The van der Waals surface area contributed by atoms with Crippen LogP contribution in [0.15, 0.2) is 0 Å². The Labute approximate surface area is 82.1 Å². The minimum Gasteiger partial charge on any atom is -0.380 e. The molecule has 0 radical (unpaired) electrons. The van der Waals surface area contributed by atoms with Crippen molar-refractivity contribution in [3.8, 4) is 0 Å². The molecule has 1 atom stereocenters. The van der Waals surface area contributed by atoms with E-state index in [2.05, 4.69) is 4.52 Å². The lowest BCUT2D eigenvalue weighted by molar-refractivity contribution is -0.142. The molecule has 0 aromatic carbocycles. The molecule has 0 aliphatic heterocycles. The molecule has 84 valence electrons. The highest BCUT2D eigenvalue weighted by molar-refractivity contribution is 7.46. The average molecular weight is 226 g/mol. The van der Waals surface area contributed by atoms with Gasteiger partial charge < -0.3 is 14.9 Å². The summed E-state index contributed by atoms with van der Waals surface area (Å²) in [4.78, 5) is 28.0. The Hall–Kier alpha value is -0.260. The first-order chi connectivity index (χ1) is 6.06. The van der Waals surface area contributed by atoms with Gasteiger partial charge in [-0.1, -0.05) is 13.8 Å². The third kappa shape index (κ3) is 4.83. The van der Waals surface area contributed by atoms with Crippen LogP contribution in [-0.4, -0.2) is 32.9 Å². The molecule has 0 rings (SSSR count). The van der Waals surface area contributed by atoms with Gasteiger partial charge in [-0.3, -0.25) is 9.32 Å². The number of Topliss-reactive ketones (excluding diaryl/α,β-unsaturated/α-hetero) is 1. The van der Waals surface area contributed by atoms with Crippen LogP contribution in [0.4, 0.5) is 0 Å². The molecule has 0 aliphatic rings. The van der Waals surface area contributed by atoms with Crippen molar-refractivity contribution >= 4 is 13.6 Å². The third-order valence-electron chi connectivity index (χ3n) is 1.57. The number of hydrogen-bond donors (Lipinski definition) is 3. The Kier molecular flexibility index (Phi) is 4.42. The van der Waals surface area contributed by atoms with E-state index in [1.807, 2.05) is 0 Å². The molecule has 0 aromatic heterocycles. The molecule has 0 aliphatic carbocycles. The summed E-state index contributed by atoms with van der Waals surface area (Å²) in [5, 5.41) is 9.50. The van der Waals surface area contributed by atoms with Crippen molar-refractivity contribution in [2.75, 3.05) is 6.61 Å². The van der Waals surface area contributed by atoms with Crippen molar-refractivity contribution in [3.05, 3.63) is 0 Å². The van der Waals surface area contributed by atoms with Crippen molar-refractivity contribution < 1.29 is 28.8 Å². The Morgan fingerprint density at radius 2 is 1.93 bits per heavy atom. The van der Waals surface area contributed by atoms with Gasteiger partial charge in [-0.05, 0) is 6.92 Å². The molecule has 0 heterocycles. The van der Waals surface area contributed by atoms with Gasteiger partial charge in [0.05, 0.1) is 6.61 Å². The fourth-order valence-corrected chi connectivity index (χ4v) is 1.32. The van der Waals surface area contributed by atoms with Crippen molar-refractivity contribution in [1.29, 1.82) is 0 Å². The quantitative estimate of drug-likeness (QED) is 0.573. The highest BCUT2D eigenvalue weighted by Gasteiger charge is 2.34. The number of phosphoric ester groups is 1. The zero-order valence-electron chi connectivity index (χ0n) is 8.30. The molecule has 6 nitrogen and oxygen atoms in total. The first-order valence-corrected chi connectivity index (χ1v) is 5.56. The van der Waals surface area contributed by atoms with E-state index in [1.54, 1.807) is 13.8 Å². The molecule has 0 saturated heterocycles. The van der Waals surface area contributed by atoms with Gasteiger partial charge in [0.1, 0.15) is 5.60 Å². The summed E-state index contributed by atoms with van der Waals surface area (Å²) in [7, 11) is -4.64. The summed E-state index contributed by atoms with van der Waals surface area (Å²) >= 11 is 0. The van der Waals surface area contributed by atoms with Gasteiger partial charge in [0, 0.05) is 5.92 Å². The van der Waals surface area contributed by atoms with Crippen molar-refractivity contribution in [1.82, 2.24) is 0 Å². The average Bonchev–Trinajstić information content (AvgIpc) is 1.98. The molecule has 3 N–H and O–H groups in total. The van der Waals surface area contributed by atoms with Gasteiger partial charge in [-0.25, -0.2) is 4.57 Å². The highest BCUT2D eigenvalue weighted by Crippen LogP contribution is 2.36. The molecular formula is C7H15O6P. The van der Waals surface area contributed by atoms with Crippen molar-refractivity contribution in [2.24, 2.45) is 5.92 Å². The second-order valence-corrected chi connectivity index (χ2v) is 4.80. The maximum absolute atomic E-state index is 11.3. The van der Waals surface area contributed by atoms with Crippen LogP contribution in [0.25, 0.3) is 0 Å². The lowest BCUT2D eigenvalue weighted by Crippen LogP contribution is -2.42. The zero-order chi connectivity index (χ0) is 11.6. The van der Waals surface area contributed by atoms with E-state index < -0.39 is 31.7 Å². The second kappa shape index (κ2) is 4.51. The maximum atomic E-state index is 11.3. The molecule has 0 amide bonds. The van der Waals surface area contributed by atoms with E-state index in [0.717, 1.165) is 6.92 Å². The Morgan fingerprint density at radius 1 is 1.50 bits per heavy atom. The maximum Gasteiger partial charge on any atom is 0.469 e. The molecule has 0 spiro atoms. The molecule has 7 heteroatoms. The monoisotopic (exact) mass is 226 g/mol. The number of hydrogen-bond acceptors (Lipinski definition) is 4. The molecule has 1 unspecified atom stereocenters. The molecular weight excluding hydrogens is 211 g/mol. The van der Waals surface area contributed by atoms with E-state index in [4.69, 9.17) is 9.79 Å². The van der Waals surface area contributed by atoms with Crippen molar-refractivity contribution in [2.45, 2.75) is 26.4 Å². The van der Waals surface area contributed by atoms with Crippen LogP contribution in [0, 0.1) is 5.92 Å². The van der Waals surface area contributed by atoms with Gasteiger partial charge in [0.15, 0.2) is 5.78 Å². The van der Waals surface area contributed by atoms with Gasteiger partial charge in [0.25, 0.3) is 0 Å². The number of carbonyl (C=O) groups excluding carboxylic acids is 1. The van der Waals surface area contributed by atoms with E-state index in [-0.39, 0.29) is 0 Å². The minimum absolute atomic E-state index is 0.426. The molecule has 0 saturated carbocycles. The molecule has 14 heavy (non-hydrogen) atoms. The Morgan fingerprint density at radius 3 is 2.21 bits per heavy atom. The summed E-state index contributed by atoms with van der Waals surface area (Å²) in [6.07, 6.45) is 0. The smallest absolute Gasteiger partial charge is 0.380 e. The molecule has 0 aromatic rings. The normalized spacial score (nSPS) is 16.8. The topological polar surface area (TPSA) is 104 Å². The van der Waals surface area contributed by atoms with Crippen LogP contribution >= 0.6 is 7.82 Å². The zero-order valence-corrected chi connectivity index (χ0v) is 9.19. The van der Waals surface area contributed by atoms with E-state index in [9.17, 15) is 14.5 Å².